The van der Waals surface area contributed by atoms with Crippen LogP contribution in [0.5, 0.6) is 0 Å². The molecule has 0 saturated heterocycles. The first kappa shape index (κ1) is 10.9. The summed E-state index contributed by atoms with van der Waals surface area (Å²) < 4.78 is 0. The largest absolute Gasteiger partial charge is 0.341 e. The fraction of sp³-hybridized carbons (Fsp3) is 0.917. The first-order chi connectivity index (χ1) is 7.18. The van der Waals surface area contributed by atoms with Gasteiger partial charge in [-0.25, -0.2) is 0 Å². The molecule has 0 spiro atoms. The van der Waals surface area contributed by atoms with E-state index in [0.29, 0.717) is 17.9 Å². The van der Waals surface area contributed by atoms with Crippen molar-refractivity contribution in [3.63, 3.8) is 0 Å². The third-order valence-corrected chi connectivity index (χ3v) is 3.83. The van der Waals surface area contributed by atoms with E-state index in [2.05, 4.69) is 0 Å². The van der Waals surface area contributed by atoms with Crippen LogP contribution in [0, 0.1) is 5.92 Å². The van der Waals surface area contributed by atoms with E-state index >= 15 is 0 Å². The molecule has 3 heteroatoms. The summed E-state index contributed by atoms with van der Waals surface area (Å²) in [5, 5.41) is 0. The number of hydrogen-bond donors (Lipinski definition) is 1. The molecule has 2 unspecified atom stereocenters. The van der Waals surface area contributed by atoms with Crippen molar-refractivity contribution in [3.8, 4) is 0 Å². The van der Waals surface area contributed by atoms with E-state index in [1.165, 1.54) is 25.7 Å². The number of amides is 1. The van der Waals surface area contributed by atoms with Crippen LogP contribution < -0.4 is 5.73 Å². The first-order valence-corrected chi connectivity index (χ1v) is 6.19. The number of rotatable bonds is 3. The maximum atomic E-state index is 11.9. The van der Waals surface area contributed by atoms with Crippen molar-refractivity contribution in [2.45, 2.75) is 57.0 Å². The van der Waals surface area contributed by atoms with Gasteiger partial charge in [0.2, 0.25) is 5.91 Å². The lowest BCUT2D eigenvalue weighted by Crippen LogP contribution is -2.50. The molecule has 2 aliphatic rings. The van der Waals surface area contributed by atoms with Crippen molar-refractivity contribution in [3.05, 3.63) is 0 Å². The molecular weight excluding hydrogens is 188 g/mol. The third-order valence-electron chi connectivity index (χ3n) is 3.83. The van der Waals surface area contributed by atoms with Crippen LogP contribution in [-0.2, 0) is 4.79 Å². The monoisotopic (exact) mass is 210 g/mol. The highest BCUT2D eigenvalue weighted by molar-refractivity contribution is 5.76. The molecule has 3 nitrogen and oxygen atoms in total. The Bertz CT molecular complexity index is 238. The van der Waals surface area contributed by atoms with Crippen molar-refractivity contribution in [1.82, 2.24) is 4.90 Å². The molecule has 0 aromatic carbocycles. The van der Waals surface area contributed by atoms with Crippen molar-refractivity contribution in [1.29, 1.82) is 0 Å². The zero-order chi connectivity index (χ0) is 10.8. The van der Waals surface area contributed by atoms with Gasteiger partial charge in [0.15, 0.2) is 0 Å². The number of hydrogen-bond acceptors (Lipinski definition) is 2. The van der Waals surface area contributed by atoms with Crippen LogP contribution >= 0.6 is 0 Å². The number of carbonyl (C=O) groups is 1. The van der Waals surface area contributed by atoms with Gasteiger partial charge in [0.05, 0.1) is 0 Å². The molecule has 2 N–H and O–H groups in total. The van der Waals surface area contributed by atoms with Gasteiger partial charge >= 0.3 is 0 Å². The summed E-state index contributed by atoms with van der Waals surface area (Å²) in [6, 6.07) is 0.497. The SMILES string of the molecule is CN(C(=O)CC1CC1)C1CCCCC1N. The maximum Gasteiger partial charge on any atom is 0.222 e. The molecule has 0 aromatic heterocycles. The van der Waals surface area contributed by atoms with Gasteiger partial charge < -0.3 is 10.6 Å². The first-order valence-electron chi connectivity index (χ1n) is 6.19. The fourth-order valence-electron chi connectivity index (χ4n) is 2.52. The van der Waals surface area contributed by atoms with Crippen molar-refractivity contribution in [2.75, 3.05) is 7.05 Å². The minimum atomic E-state index is 0.201. The Morgan fingerprint density at radius 2 is 1.93 bits per heavy atom. The molecule has 86 valence electrons. The summed E-state index contributed by atoms with van der Waals surface area (Å²) in [7, 11) is 1.93. The van der Waals surface area contributed by atoms with Crippen LogP contribution in [0.4, 0.5) is 0 Å². The summed E-state index contributed by atoms with van der Waals surface area (Å²) in [6.07, 6.45) is 7.86. The molecule has 2 fully saturated rings. The van der Waals surface area contributed by atoms with Crippen LogP contribution in [0.2, 0.25) is 0 Å². The van der Waals surface area contributed by atoms with Crippen LogP contribution in [0.15, 0.2) is 0 Å². The van der Waals surface area contributed by atoms with Crippen LogP contribution in [0.1, 0.15) is 44.9 Å². The zero-order valence-corrected chi connectivity index (χ0v) is 9.61. The van der Waals surface area contributed by atoms with Gasteiger partial charge in [0.25, 0.3) is 0 Å². The minimum absolute atomic E-state index is 0.201. The van der Waals surface area contributed by atoms with Gasteiger partial charge in [-0.05, 0) is 31.6 Å². The predicted octanol–water partition coefficient (Wildman–Crippen LogP) is 1.51. The summed E-state index contributed by atoms with van der Waals surface area (Å²) in [6.45, 7) is 0. The van der Waals surface area contributed by atoms with E-state index in [-0.39, 0.29) is 6.04 Å². The Morgan fingerprint density at radius 1 is 1.27 bits per heavy atom. The standard InChI is InChI=1S/C12H22N2O/c1-14(12(15)8-9-6-7-9)11-5-3-2-4-10(11)13/h9-11H,2-8,13H2,1H3. The van der Waals surface area contributed by atoms with Gasteiger partial charge in [-0.15, -0.1) is 0 Å². The van der Waals surface area contributed by atoms with Crippen LogP contribution in [0.25, 0.3) is 0 Å². The van der Waals surface area contributed by atoms with E-state index in [4.69, 9.17) is 5.73 Å². The van der Waals surface area contributed by atoms with Gasteiger partial charge in [0, 0.05) is 25.6 Å². The molecule has 2 aliphatic carbocycles. The Hall–Kier alpha value is -0.570. The molecule has 2 atom stereocenters. The molecule has 0 heterocycles. The third kappa shape index (κ3) is 2.71. The van der Waals surface area contributed by atoms with E-state index in [0.717, 1.165) is 19.3 Å². The fourth-order valence-corrected chi connectivity index (χ4v) is 2.52. The smallest absolute Gasteiger partial charge is 0.222 e. The van der Waals surface area contributed by atoms with Crippen molar-refractivity contribution in [2.24, 2.45) is 11.7 Å². The molecule has 0 aromatic rings. The summed E-state index contributed by atoms with van der Waals surface area (Å²) in [5.74, 6) is 0.986. The van der Waals surface area contributed by atoms with Crippen LogP contribution in [-0.4, -0.2) is 29.9 Å². The van der Waals surface area contributed by atoms with Crippen molar-refractivity contribution < 1.29 is 4.79 Å². The van der Waals surface area contributed by atoms with Gasteiger partial charge in [-0.1, -0.05) is 12.8 Å². The summed E-state index contributed by atoms with van der Waals surface area (Å²) >= 11 is 0. The Kier molecular flexibility index (Phi) is 3.29. The average Bonchev–Trinajstić information content (AvgIpc) is 3.01. The van der Waals surface area contributed by atoms with E-state index < -0.39 is 0 Å². The highest BCUT2D eigenvalue weighted by Gasteiger charge is 2.31. The second-order valence-corrected chi connectivity index (χ2v) is 5.17. The number of carbonyl (C=O) groups excluding carboxylic acids is 1. The second kappa shape index (κ2) is 4.52. The summed E-state index contributed by atoms with van der Waals surface area (Å²) in [5.41, 5.74) is 6.07. The van der Waals surface area contributed by atoms with Gasteiger partial charge in [0.1, 0.15) is 0 Å². The van der Waals surface area contributed by atoms with Crippen molar-refractivity contribution >= 4 is 5.91 Å². The Balaban J connectivity index is 1.86. The van der Waals surface area contributed by atoms with Gasteiger partial charge in [-0.3, -0.25) is 4.79 Å². The average molecular weight is 210 g/mol. The van der Waals surface area contributed by atoms with Crippen LogP contribution in [0.3, 0.4) is 0 Å². The maximum absolute atomic E-state index is 11.9. The molecule has 2 saturated carbocycles. The lowest BCUT2D eigenvalue weighted by Gasteiger charge is -2.36. The lowest BCUT2D eigenvalue weighted by molar-refractivity contribution is -0.133. The quantitative estimate of drug-likeness (QED) is 0.767. The zero-order valence-electron chi connectivity index (χ0n) is 9.61. The molecule has 1 amide bonds. The molecule has 0 aliphatic heterocycles. The summed E-state index contributed by atoms with van der Waals surface area (Å²) in [4.78, 5) is 13.8. The normalized spacial score (nSPS) is 31.3. The van der Waals surface area contributed by atoms with E-state index in [1.54, 1.807) is 0 Å². The Morgan fingerprint density at radius 3 is 2.53 bits per heavy atom. The topological polar surface area (TPSA) is 46.3 Å². The molecule has 15 heavy (non-hydrogen) atoms. The highest BCUT2D eigenvalue weighted by Crippen LogP contribution is 2.33. The second-order valence-electron chi connectivity index (χ2n) is 5.17. The number of nitrogens with zero attached hydrogens (tertiary/aromatic N) is 1. The highest BCUT2D eigenvalue weighted by atomic mass is 16.2. The van der Waals surface area contributed by atoms with E-state index in [9.17, 15) is 4.79 Å². The Labute approximate surface area is 92.0 Å². The molecule has 0 bridgehead atoms. The number of likely N-dealkylation sites (N-methyl/N-ethyl adjacent to an activating group) is 1. The van der Waals surface area contributed by atoms with E-state index in [1.807, 2.05) is 11.9 Å². The number of nitrogens with two attached hydrogens (primary N) is 1. The molecule has 2 rings (SSSR count). The lowest BCUT2D eigenvalue weighted by atomic mass is 9.90. The molecule has 0 radical (unpaired) electrons. The predicted molar refractivity (Wildman–Crippen MR) is 60.3 cm³/mol. The van der Waals surface area contributed by atoms with Gasteiger partial charge in [-0.2, -0.15) is 0 Å². The minimum Gasteiger partial charge on any atom is -0.341 e. The molecular formula is C12H22N2O.